The van der Waals surface area contributed by atoms with Gasteiger partial charge in [-0.05, 0) is 24.3 Å². The third-order valence-corrected chi connectivity index (χ3v) is 5.87. The lowest BCUT2D eigenvalue weighted by molar-refractivity contribution is 0.444. The van der Waals surface area contributed by atoms with E-state index < -0.39 is 8.07 Å². The van der Waals surface area contributed by atoms with Crippen LogP contribution < -0.4 is 5.19 Å². The first-order valence-corrected chi connectivity index (χ1v) is 10.2. The van der Waals surface area contributed by atoms with E-state index in [9.17, 15) is 0 Å². The van der Waals surface area contributed by atoms with Crippen molar-refractivity contribution < 1.29 is 0 Å². The molecule has 0 nitrogen and oxygen atoms in total. The SMILES string of the molecule is C[Si](C)(C)c1cccc(C2CCCCC2)c1. The third kappa shape index (κ3) is 2.76. The molecule has 0 aromatic heterocycles. The molecule has 0 aliphatic heterocycles. The standard InChI is InChI=1S/C15H24Si/c1-16(2,3)15-11-7-10-14(12-15)13-8-5-4-6-9-13/h7,10-13H,4-6,8-9H2,1-3H3. The molecular formula is C15H24Si. The maximum absolute atomic E-state index is 2.50. The van der Waals surface area contributed by atoms with Crippen LogP contribution in [0.4, 0.5) is 0 Å². The second kappa shape index (κ2) is 4.75. The van der Waals surface area contributed by atoms with Crippen molar-refractivity contribution in [1.29, 1.82) is 0 Å². The second-order valence-corrected chi connectivity index (χ2v) is 11.3. The van der Waals surface area contributed by atoms with E-state index in [0.29, 0.717) is 0 Å². The van der Waals surface area contributed by atoms with E-state index in [1.54, 1.807) is 10.8 Å². The quantitative estimate of drug-likeness (QED) is 0.668. The molecule has 16 heavy (non-hydrogen) atoms. The minimum atomic E-state index is -1.13. The molecule has 1 saturated carbocycles. The van der Waals surface area contributed by atoms with Crippen LogP contribution in [0.25, 0.3) is 0 Å². The van der Waals surface area contributed by atoms with E-state index in [1.807, 2.05) is 0 Å². The molecule has 0 unspecified atom stereocenters. The van der Waals surface area contributed by atoms with Crippen LogP contribution in [0, 0.1) is 0 Å². The summed E-state index contributed by atoms with van der Waals surface area (Å²) in [6, 6.07) is 9.46. The molecule has 1 aliphatic carbocycles. The molecule has 0 heterocycles. The fourth-order valence-electron chi connectivity index (χ4n) is 2.70. The average molecular weight is 232 g/mol. The topological polar surface area (TPSA) is 0 Å². The fourth-order valence-corrected chi connectivity index (χ4v) is 3.89. The molecule has 0 amide bonds. The van der Waals surface area contributed by atoms with Crippen molar-refractivity contribution in [1.82, 2.24) is 0 Å². The highest BCUT2D eigenvalue weighted by atomic mass is 28.3. The Morgan fingerprint density at radius 2 is 1.69 bits per heavy atom. The molecule has 88 valence electrons. The van der Waals surface area contributed by atoms with E-state index in [0.717, 1.165) is 5.92 Å². The maximum atomic E-state index is 2.50. The van der Waals surface area contributed by atoms with Gasteiger partial charge in [-0.1, -0.05) is 68.4 Å². The van der Waals surface area contributed by atoms with Gasteiger partial charge in [0.15, 0.2) is 0 Å². The minimum absolute atomic E-state index is 0.852. The summed E-state index contributed by atoms with van der Waals surface area (Å²) < 4.78 is 0. The Labute approximate surface area is 101 Å². The van der Waals surface area contributed by atoms with Gasteiger partial charge in [0.05, 0.1) is 8.07 Å². The number of benzene rings is 1. The Hall–Kier alpha value is -0.563. The summed E-state index contributed by atoms with van der Waals surface area (Å²) in [5.41, 5.74) is 1.61. The molecule has 1 aromatic rings. The van der Waals surface area contributed by atoms with Gasteiger partial charge in [-0.15, -0.1) is 0 Å². The molecule has 1 fully saturated rings. The van der Waals surface area contributed by atoms with Gasteiger partial charge in [0.2, 0.25) is 0 Å². The molecule has 0 atom stereocenters. The van der Waals surface area contributed by atoms with Crippen LogP contribution in [0.2, 0.25) is 19.6 Å². The largest absolute Gasteiger partial charge is 0.0776 e. The number of hydrogen-bond acceptors (Lipinski definition) is 0. The summed E-state index contributed by atoms with van der Waals surface area (Å²) in [5, 5.41) is 1.62. The van der Waals surface area contributed by atoms with E-state index in [4.69, 9.17) is 0 Å². The molecule has 0 saturated heterocycles. The van der Waals surface area contributed by atoms with E-state index in [1.165, 1.54) is 32.1 Å². The van der Waals surface area contributed by atoms with Crippen LogP contribution in [-0.4, -0.2) is 8.07 Å². The highest BCUT2D eigenvalue weighted by Gasteiger charge is 2.19. The first-order chi connectivity index (χ1) is 7.57. The number of rotatable bonds is 2. The van der Waals surface area contributed by atoms with Crippen molar-refractivity contribution in [3.05, 3.63) is 29.8 Å². The molecule has 0 N–H and O–H groups in total. The minimum Gasteiger partial charge on any atom is -0.0656 e. The van der Waals surface area contributed by atoms with Crippen LogP contribution in [-0.2, 0) is 0 Å². The lowest BCUT2D eigenvalue weighted by Crippen LogP contribution is -2.37. The summed E-state index contributed by atoms with van der Waals surface area (Å²) in [7, 11) is -1.13. The normalized spacial score (nSPS) is 18.7. The summed E-state index contributed by atoms with van der Waals surface area (Å²) in [4.78, 5) is 0. The van der Waals surface area contributed by atoms with Crippen LogP contribution in [0.5, 0.6) is 0 Å². The predicted molar refractivity (Wildman–Crippen MR) is 75.2 cm³/mol. The molecule has 1 heteroatoms. The van der Waals surface area contributed by atoms with Gasteiger partial charge in [-0.2, -0.15) is 0 Å². The van der Waals surface area contributed by atoms with Gasteiger partial charge in [0, 0.05) is 0 Å². The Bertz CT molecular complexity index is 343. The van der Waals surface area contributed by atoms with Gasteiger partial charge in [0.1, 0.15) is 0 Å². The molecule has 1 aliphatic rings. The third-order valence-electron chi connectivity index (χ3n) is 3.83. The molecule has 2 rings (SSSR count). The predicted octanol–water partition coefficient (Wildman–Crippen LogP) is 4.28. The van der Waals surface area contributed by atoms with Crippen LogP contribution >= 0.6 is 0 Å². The smallest absolute Gasteiger partial charge is 0.0656 e. The van der Waals surface area contributed by atoms with Gasteiger partial charge >= 0.3 is 0 Å². The zero-order valence-electron chi connectivity index (χ0n) is 10.9. The van der Waals surface area contributed by atoms with Crippen molar-refractivity contribution in [2.45, 2.75) is 57.7 Å². The van der Waals surface area contributed by atoms with Crippen LogP contribution in [0.15, 0.2) is 24.3 Å². The zero-order valence-corrected chi connectivity index (χ0v) is 11.9. The Morgan fingerprint density at radius 1 is 1.00 bits per heavy atom. The van der Waals surface area contributed by atoms with Crippen molar-refractivity contribution in [2.75, 3.05) is 0 Å². The summed E-state index contributed by atoms with van der Waals surface area (Å²) in [5.74, 6) is 0.852. The van der Waals surface area contributed by atoms with E-state index in [2.05, 4.69) is 43.9 Å². The fraction of sp³-hybridized carbons (Fsp3) is 0.600. The van der Waals surface area contributed by atoms with Crippen molar-refractivity contribution >= 4 is 13.3 Å². The summed E-state index contributed by atoms with van der Waals surface area (Å²) >= 11 is 0. The van der Waals surface area contributed by atoms with Crippen molar-refractivity contribution in [2.24, 2.45) is 0 Å². The molecule has 1 aromatic carbocycles. The lowest BCUT2D eigenvalue weighted by atomic mass is 9.84. The molecule has 0 bridgehead atoms. The van der Waals surface area contributed by atoms with Gasteiger partial charge in [0.25, 0.3) is 0 Å². The van der Waals surface area contributed by atoms with E-state index >= 15 is 0 Å². The molecule has 0 spiro atoms. The zero-order chi connectivity index (χ0) is 11.6. The van der Waals surface area contributed by atoms with E-state index in [-0.39, 0.29) is 0 Å². The molecular weight excluding hydrogens is 208 g/mol. The molecule has 0 radical (unpaired) electrons. The van der Waals surface area contributed by atoms with Crippen LogP contribution in [0.1, 0.15) is 43.6 Å². The Morgan fingerprint density at radius 3 is 2.31 bits per heavy atom. The van der Waals surface area contributed by atoms with Gasteiger partial charge in [-0.25, -0.2) is 0 Å². The highest BCUT2D eigenvalue weighted by molar-refractivity contribution is 6.88. The highest BCUT2D eigenvalue weighted by Crippen LogP contribution is 2.32. The van der Waals surface area contributed by atoms with Gasteiger partial charge < -0.3 is 0 Å². The monoisotopic (exact) mass is 232 g/mol. The lowest BCUT2D eigenvalue weighted by Gasteiger charge is -2.24. The first-order valence-electron chi connectivity index (χ1n) is 6.68. The Balaban J connectivity index is 2.21. The Kier molecular flexibility index (Phi) is 3.53. The van der Waals surface area contributed by atoms with Crippen molar-refractivity contribution in [3.8, 4) is 0 Å². The maximum Gasteiger partial charge on any atom is 0.0776 e. The summed E-state index contributed by atoms with van der Waals surface area (Å²) in [6.45, 7) is 7.31. The van der Waals surface area contributed by atoms with Crippen LogP contribution in [0.3, 0.4) is 0 Å². The average Bonchev–Trinajstić information content (AvgIpc) is 2.29. The van der Waals surface area contributed by atoms with Crippen molar-refractivity contribution in [3.63, 3.8) is 0 Å². The van der Waals surface area contributed by atoms with Gasteiger partial charge in [-0.3, -0.25) is 0 Å². The second-order valence-electron chi connectivity index (χ2n) is 6.21. The summed E-state index contributed by atoms with van der Waals surface area (Å²) in [6.07, 6.45) is 7.14. The first kappa shape index (κ1) is 11.9. The number of hydrogen-bond donors (Lipinski definition) is 0.